The third-order valence-corrected chi connectivity index (χ3v) is 2.12. The number of rotatable bonds is 4. The molecule has 0 bridgehead atoms. The van der Waals surface area contributed by atoms with E-state index >= 15 is 0 Å². The van der Waals surface area contributed by atoms with Gasteiger partial charge in [0, 0.05) is 6.42 Å². The summed E-state index contributed by atoms with van der Waals surface area (Å²) in [5.41, 5.74) is 0.603. The van der Waals surface area contributed by atoms with Crippen molar-refractivity contribution in [3.8, 4) is 0 Å². The van der Waals surface area contributed by atoms with Crippen molar-refractivity contribution in [2.45, 2.75) is 6.42 Å². The van der Waals surface area contributed by atoms with Crippen LogP contribution in [0.5, 0.6) is 0 Å². The van der Waals surface area contributed by atoms with E-state index in [-0.39, 0.29) is 5.97 Å². The van der Waals surface area contributed by atoms with E-state index in [1.165, 1.54) is 0 Å². The summed E-state index contributed by atoms with van der Waals surface area (Å²) in [6, 6.07) is 9.01. The van der Waals surface area contributed by atoms with Crippen molar-refractivity contribution >= 4 is 28.6 Å². The highest BCUT2D eigenvalue weighted by atomic mass is 127. The summed E-state index contributed by atoms with van der Waals surface area (Å²) >= 11 is 2.13. The Bertz CT molecular complexity index is 306. The number of esters is 1. The van der Waals surface area contributed by atoms with Crippen LogP contribution in [0.4, 0.5) is 0 Å². The van der Waals surface area contributed by atoms with Crippen molar-refractivity contribution in [3.05, 3.63) is 46.1 Å². The van der Waals surface area contributed by atoms with Crippen LogP contribution >= 0.6 is 22.6 Å². The summed E-state index contributed by atoms with van der Waals surface area (Å²) in [5, 5.41) is 0. The first-order valence-corrected chi connectivity index (χ1v) is 5.56. The lowest BCUT2D eigenvalue weighted by atomic mass is 10.2. The average Bonchev–Trinajstić information content (AvgIpc) is 2.25. The lowest BCUT2D eigenvalue weighted by molar-refractivity contribution is 0.0512. The molecule has 0 aliphatic rings. The van der Waals surface area contributed by atoms with Crippen LogP contribution in [-0.4, -0.2) is 12.6 Å². The molecule has 0 aromatic heterocycles. The fourth-order valence-electron chi connectivity index (χ4n) is 0.940. The molecule has 0 saturated carbocycles. The first-order chi connectivity index (χ1) is 6.84. The maximum Gasteiger partial charge on any atom is 0.338 e. The van der Waals surface area contributed by atoms with Gasteiger partial charge >= 0.3 is 5.97 Å². The molecule has 0 saturated heterocycles. The third-order valence-electron chi connectivity index (χ3n) is 1.62. The van der Waals surface area contributed by atoms with Crippen LogP contribution in [0.1, 0.15) is 16.8 Å². The monoisotopic (exact) mass is 302 g/mol. The summed E-state index contributed by atoms with van der Waals surface area (Å²) in [6.07, 6.45) is 2.72. The van der Waals surface area contributed by atoms with Crippen LogP contribution in [0.3, 0.4) is 0 Å². The second-order valence-corrected chi connectivity index (χ2v) is 3.37. The van der Waals surface area contributed by atoms with Gasteiger partial charge in [-0.3, -0.25) is 0 Å². The minimum Gasteiger partial charge on any atom is -0.462 e. The fraction of sp³-hybridized carbons (Fsp3) is 0.182. The molecule has 14 heavy (non-hydrogen) atoms. The lowest BCUT2D eigenvalue weighted by Gasteiger charge is -2.01. The molecule has 0 amide bonds. The summed E-state index contributed by atoms with van der Waals surface area (Å²) in [4.78, 5) is 11.4. The SMILES string of the molecule is O=C(OCC/C=C\I)c1ccccc1. The number of hydrogen-bond acceptors (Lipinski definition) is 2. The normalized spacial score (nSPS) is 10.4. The molecule has 2 nitrogen and oxygen atoms in total. The lowest BCUT2D eigenvalue weighted by Crippen LogP contribution is -2.05. The minimum absolute atomic E-state index is 0.257. The Balaban J connectivity index is 2.36. The number of benzene rings is 1. The largest absolute Gasteiger partial charge is 0.462 e. The minimum atomic E-state index is -0.257. The van der Waals surface area contributed by atoms with Crippen molar-refractivity contribution in [1.82, 2.24) is 0 Å². The highest BCUT2D eigenvalue weighted by Gasteiger charge is 2.03. The van der Waals surface area contributed by atoms with Gasteiger partial charge in [0.15, 0.2) is 0 Å². The zero-order valence-corrected chi connectivity index (χ0v) is 9.81. The molecule has 0 spiro atoms. The van der Waals surface area contributed by atoms with Gasteiger partial charge in [-0.1, -0.05) is 46.9 Å². The van der Waals surface area contributed by atoms with Crippen LogP contribution in [0, 0.1) is 0 Å². The van der Waals surface area contributed by atoms with Crippen molar-refractivity contribution < 1.29 is 9.53 Å². The maximum absolute atomic E-state index is 11.4. The van der Waals surface area contributed by atoms with Gasteiger partial charge in [-0.25, -0.2) is 4.79 Å². The van der Waals surface area contributed by atoms with Gasteiger partial charge in [-0.2, -0.15) is 0 Å². The van der Waals surface area contributed by atoms with Crippen LogP contribution in [0.15, 0.2) is 40.5 Å². The summed E-state index contributed by atoms with van der Waals surface area (Å²) in [5.74, 6) is -0.257. The molecule has 0 N–H and O–H groups in total. The molecule has 0 fully saturated rings. The quantitative estimate of drug-likeness (QED) is 0.485. The summed E-state index contributed by atoms with van der Waals surface area (Å²) < 4.78 is 6.95. The van der Waals surface area contributed by atoms with Crippen molar-refractivity contribution in [1.29, 1.82) is 0 Å². The van der Waals surface area contributed by atoms with E-state index in [4.69, 9.17) is 4.74 Å². The second-order valence-electron chi connectivity index (χ2n) is 2.65. The Morgan fingerprint density at radius 2 is 2.07 bits per heavy atom. The van der Waals surface area contributed by atoms with Gasteiger partial charge in [0.1, 0.15) is 0 Å². The van der Waals surface area contributed by atoms with Crippen molar-refractivity contribution in [2.75, 3.05) is 6.61 Å². The predicted molar refractivity (Wildman–Crippen MR) is 64.5 cm³/mol. The Labute approximate surface area is 97.1 Å². The van der Waals surface area contributed by atoms with Gasteiger partial charge in [-0.15, -0.1) is 0 Å². The molecule has 0 aliphatic heterocycles. The Morgan fingerprint density at radius 3 is 2.71 bits per heavy atom. The van der Waals surface area contributed by atoms with Crippen LogP contribution in [-0.2, 0) is 4.74 Å². The van der Waals surface area contributed by atoms with E-state index in [1.807, 2.05) is 28.4 Å². The number of carbonyl (C=O) groups excluding carboxylic acids is 1. The number of ether oxygens (including phenoxy) is 1. The highest BCUT2D eigenvalue weighted by molar-refractivity contribution is 14.1. The molecule has 0 radical (unpaired) electrons. The Hall–Kier alpha value is -0.840. The first-order valence-electron chi connectivity index (χ1n) is 4.32. The molecular formula is C11H11IO2. The predicted octanol–water partition coefficient (Wildman–Crippen LogP) is 3.18. The van der Waals surface area contributed by atoms with E-state index in [0.29, 0.717) is 12.2 Å². The molecular weight excluding hydrogens is 291 g/mol. The third kappa shape index (κ3) is 3.91. The molecule has 0 aliphatic carbocycles. The van der Waals surface area contributed by atoms with Crippen LogP contribution in [0.2, 0.25) is 0 Å². The molecule has 0 atom stereocenters. The average molecular weight is 302 g/mol. The van der Waals surface area contributed by atoms with Crippen molar-refractivity contribution in [3.63, 3.8) is 0 Å². The first kappa shape index (κ1) is 11.2. The number of halogens is 1. The highest BCUT2D eigenvalue weighted by Crippen LogP contribution is 2.01. The van der Waals surface area contributed by atoms with E-state index in [1.54, 1.807) is 12.1 Å². The van der Waals surface area contributed by atoms with E-state index < -0.39 is 0 Å². The summed E-state index contributed by atoms with van der Waals surface area (Å²) in [6.45, 7) is 0.438. The number of hydrogen-bond donors (Lipinski definition) is 0. The number of carbonyl (C=O) groups is 1. The van der Waals surface area contributed by atoms with Gasteiger partial charge in [-0.05, 0) is 16.2 Å². The van der Waals surface area contributed by atoms with Gasteiger partial charge in [0.05, 0.1) is 12.2 Å². The fourth-order valence-corrected chi connectivity index (χ4v) is 1.30. The Morgan fingerprint density at radius 1 is 1.36 bits per heavy atom. The molecule has 3 heteroatoms. The molecule has 1 aromatic rings. The molecule has 0 heterocycles. The van der Waals surface area contributed by atoms with Crippen LogP contribution < -0.4 is 0 Å². The zero-order valence-electron chi connectivity index (χ0n) is 7.65. The van der Waals surface area contributed by atoms with E-state index in [0.717, 1.165) is 6.42 Å². The van der Waals surface area contributed by atoms with Gasteiger partial charge in [0.2, 0.25) is 0 Å². The van der Waals surface area contributed by atoms with E-state index in [9.17, 15) is 4.79 Å². The molecule has 1 rings (SSSR count). The standard InChI is InChI=1S/C11H11IO2/c12-8-4-5-9-14-11(13)10-6-2-1-3-7-10/h1-4,6-8H,5,9H2/b8-4-. The summed E-state index contributed by atoms with van der Waals surface area (Å²) in [7, 11) is 0. The van der Waals surface area contributed by atoms with Crippen molar-refractivity contribution in [2.24, 2.45) is 0 Å². The maximum atomic E-state index is 11.4. The Kier molecular flexibility index (Phi) is 5.29. The molecule has 1 aromatic carbocycles. The molecule has 0 unspecified atom stereocenters. The molecule has 74 valence electrons. The zero-order chi connectivity index (χ0) is 10.2. The smallest absolute Gasteiger partial charge is 0.338 e. The second kappa shape index (κ2) is 6.59. The topological polar surface area (TPSA) is 26.3 Å². The van der Waals surface area contributed by atoms with Gasteiger partial charge < -0.3 is 4.74 Å². The van der Waals surface area contributed by atoms with Gasteiger partial charge in [0.25, 0.3) is 0 Å². The van der Waals surface area contributed by atoms with E-state index in [2.05, 4.69) is 22.6 Å². The van der Waals surface area contributed by atoms with Crippen LogP contribution in [0.25, 0.3) is 0 Å².